The molecule has 0 saturated carbocycles. The van der Waals surface area contributed by atoms with Gasteiger partial charge >= 0.3 is 12.0 Å². The van der Waals surface area contributed by atoms with E-state index < -0.39 is 11.5 Å². The fourth-order valence-corrected chi connectivity index (χ4v) is 4.16. The topological polar surface area (TPSA) is 91.0 Å². The molecule has 2 fully saturated rings. The molecule has 2 aliphatic rings. The standard InChI is InChI=1S/C22H24N4O4/c1-30-19(27)16-6-5-7-17(14-16)24-21(29)25-12-10-22(11-13-25)20(28)23-15-26(22)18-8-3-2-4-9-18/h2-9,14H,10-13,15H2,1H3,(H,23,28)(H,24,29). The molecule has 156 valence electrons. The summed E-state index contributed by atoms with van der Waals surface area (Å²) in [5.41, 5.74) is 1.25. The van der Waals surface area contributed by atoms with Gasteiger partial charge in [0.1, 0.15) is 5.54 Å². The number of urea groups is 1. The van der Waals surface area contributed by atoms with Crippen LogP contribution in [0.4, 0.5) is 16.2 Å². The number of amides is 3. The van der Waals surface area contributed by atoms with Gasteiger partial charge in [0.25, 0.3) is 0 Å². The number of carbonyl (C=O) groups excluding carboxylic acids is 3. The molecular formula is C22H24N4O4. The lowest BCUT2D eigenvalue weighted by Crippen LogP contribution is -2.57. The zero-order valence-electron chi connectivity index (χ0n) is 16.8. The van der Waals surface area contributed by atoms with Crippen LogP contribution >= 0.6 is 0 Å². The first kappa shape index (κ1) is 19.8. The molecular weight excluding hydrogens is 384 g/mol. The fraction of sp³-hybridized carbons (Fsp3) is 0.318. The van der Waals surface area contributed by atoms with Gasteiger partial charge in [0, 0.05) is 24.5 Å². The number of rotatable bonds is 3. The maximum absolute atomic E-state index is 12.7. The van der Waals surface area contributed by atoms with Crippen LogP contribution in [-0.4, -0.2) is 55.2 Å². The molecule has 0 aromatic heterocycles. The third-order valence-electron chi connectivity index (χ3n) is 5.82. The van der Waals surface area contributed by atoms with E-state index in [2.05, 4.69) is 15.5 Å². The number of likely N-dealkylation sites (tertiary alicyclic amines) is 1. The highest BCUT2D eigenvalue weighted by Gasteiger charge is 2.50. The van der Waals surface area contributed by atoms with Crippen LogP contribution in [0.15, 0.2) is 54.6 Å². The van der Waals surface area contributed by atoms with Gasteiger partial charge in [-0.15, -0.1) is 0 Å². The number of methoxy groups -OCH3 is 1. The number of ether oxygens (including phenoxy) is 1. The number of para-hydroxylation sites is 1. The van der Waals surface area contributed by atoms with Gasteiger partial charge in [-0.2, -0.15) is 0 Å². The number of nitrogens with one attached hydrogen (secondary N) is 2. The van der Waals surface area contributed by atoms with Crippen molar-refractivity contribution in [3.05, 3.63) is 60.2 Å². The summed E-state index contributed by atoms with van der Waals surface area (Å²) >= 11 is 0. The predicted octanol–water partition coefficient (Wildman–Crippen LogP) is 2.43. The molecule has 0 bridgehead atoms. The van der Waals surface area contributed by atoms with Crippen LogP contribution in [-0.2, 0) is 9.53 Å². The van der Waals surface area contributed by atoms with Gasteiger partial charge in [0.15, 0.2) is 0 Å². The van der Waals surface area contributed by atoms with E-state index in [0.717, 1.165) is 5.69 Å². The fourth-order valence-electron chi connectivity index (χ4n) is 4.16. The third kappa shape index (κ3) is 3.56. The van der Waals surface area contributed by atoms with Gasteiger partial charge in [0.2, 0.25) is 5.91 Å². The molecule has 2 saturated heterocycles. The van der Waals surface area contributed by atoms with Crippen molar-refractivity contribution in [2.24, 2.45) is 0 Å². The zero-order chi connectivity index (χ0) is 21.1. The van der Waals surface area contributed by atoms with E-state index >= 15 is 0 Å². The Balaban J connectivity index is 1.43. The van der Waals surface area contributed by atoms with Crippen molar-refractivity contribution in [2.75, 3.05) is 37.1 Å². The molecule has 8 heteroatoms. The predicted molar refractivity (Wildman–Crippen MR) is 112 cm³/mol. The average molecular weight is 408 g/mol. The van der Waals surface area contributed by atoms with Crippen LogP contribution in [0.25, 0.3) is 0 Å². The highest BCUT2D eigenvalue weighted by atomic mass is 16.5. The van der Waals surface area contributed by atoms with Crippen molar-refractivity contribution in [2.45, 2.75) is 18.4 Å². The minimum Gasteiger partial charge on any atom is -0.465 e. The highest BCUT2D eigenvalue weighted by molar-refractivity contribution is 5.95. The van der Waals surface area contributed by atoms with Gasteiger partial charge in [0.05, 0.1) is 19.3 Å². The maximum atomic E-state index is 12.7. The molecule has 2 aromatic rings. The van der Waals surface area contributed by atoms with Gasteiger partial charge in [-0.05, 0) is 43.2 Å². The number of esters is 1. The zero-order valence-corrected chi connectivity index (χ0v) is 16.8. The van der Waals surface area contributed by atoms with Crippen molar-refractivity contribution in [1.82, 2.24) is 10.2 Å². The van der Waals surface area contributed by atoms with Crippen LogP contribution in [0.1, 0.15) is 23.2 Å². The molecule has 2 aromatic carbocycles. The van der Waals surface area contributed by atoms with Crippen LogP contribution in [0, 0.1) is 0 Å². The normalized spacial score (nSPS) is 17.6. The largest absolute Gasteiger partial charge is 0.465 e. The van der Waals surface area contributed by atoms with Crippen LogP contribution in [0.5, 0.6) is 0 Å². The molecule has 1 spiro atoms. The monoisotopic (exact) mass is 408 g/mol. The molecule has 3 amide bonds. The van der Waals surface area contributed by atoms with Crippen LogP contribution < -0.4 is 15.5 Å². The van der Waals surface area contributed by atoms with E-state index in [-0.39, 0.29) is 11.9 Å². The minimum absolute atomic E-state index is 0.0113. The number of carbonyl (C=O) groups is 3. The SMILES string of the molecule is COC(=O)c1cccc(NC(=O)N2CCC3(CC2)C(=O)NCN3c2ccccc2)c1. The summed E-state index contributed by atoms with van der Waals surface area (Å²) < 4.78 is 4.72. The minimum atomic E-state index is -0.636. The van der Waals surface area contributed by atoms with Crippen LogP contribution in [0.2, 0.25) is 0 Å². The molecule has 0 radical (unpaired) electrons. The number of hydrogen-bond acceptors (Lipinski definition) is 5. The lowest BCUT2D eigenvalue weighted by atomic mass is 9.85. The summed E-state index contributed by atoms with van der Waals surface area (Å²) in [5, 5.41) is 5.79. The van der Waals surface area contributed by atoms with Crippen molar-refractivity contribution < 1.29 is 19.1 Å². The van der Waals surface area contributed by atoms with E-state index in [0.29, 0.717) is 43.9 Å². The Bertz CT molecular complexity index is 955. The second-order valence-corrected chi connectivity index (χ2v) is 7.45. The Morgan fingerprint density at radius 2 is 1.80 bits per heavy atom. The van der Waals surface area contributed by atoms with Gasteiger partial charge in [-0.25, -0.2) is 9.59 Å². The summed E-state index contributed by atoms with van der Waals surface area (Å²) in [6, 6.07) is 16.2. The molecule has 4 rings (SSSR count). The second kappa shape index (κ2) is 8.06. The first-order valence-corrected chi connectivity index (χ1v) is 9.89. The first-order chi connectivity index (χ1) is 14.5. The maximum Gasteiger partial charge on any atom is 0.337 e. The van der Waals surface area contributed by atoms with E-state index in [4.69, 9.17) is 4.74 Å². The van der Waals surface area contributed by atoms with Gasteiger partial charge < -0.3 is 25.2 Å². The smallest absolute Gasteiger partial charge is 0.337 e. The summed E-state index contributed by atoms with van der Waals surface area (Å²) in [7, 11) is 1.31. The Kier molecular flexibility index (Phi) is 5.31. The van der Waals surface area contributed by atoms with E-state index in [9.17, 15) is 14.4 Å². The van der Waals surface area contributed by atoms with Crippen molar-refractivity contribution in [3.8, 4) is 0 Å². The Morgan fingerprint density at radius 1 is 1.07 bits per heavy atom. The number of anilines is 2. The molecule has 0 aliphatic carbocycles. The van der Waals surface area contributed by atoms with Crippen LogP contribution in [0.3, 0.4) is 0 Å². The third-order valence-corrected chi connectivity index (χ3v) is 5.82. The molecule has 2 heterocycles. The van der Waals surface area contributed by atoms with Crippen molar-refractivity contribution in [1.29, 1.82) is 0 Å². The lowest BCUT2D eigenvalue weighted by molar-refractivity contribution is -0.124. The summed E-state index contributed by atoms with van der Waals surface area (Å²) in [5.74, 6) is -0.448. The Hall–Kier alpha value is -3.55. The number of piperidine rings is 1. The molecule has 0 unspecified atom stereocenters. The van der Waals surface area contributed by atoms with Crippen molar-refractivity contribution in [3.63, 3.8) is 0 Å². The Labute approximate surface area is 174 Å². The summed E-state index contributed by atoms with van der Waals surface area (Å²) in [4.78, 5) is 40.9. The average Bonchev–Trinajstić information content (AvgIpc) is 3.09. The second-order valence-electron chi connectivity index (χ2n) is 7.45. The van der Waals surface area contributed by atoms with Crippen molar-refractivity contribution >= 4 is 29.3 Å². The molecule has 2 N–H and O–H groups in total. The number of nitrogens with zero attached hydrogens (tertiary/aromatic N) is 2. The Morgan fingerprint density at radius 3 is 2.50 bits per heavy atom. The first-order valence-electron chi connectivity index (χ1n) is 9.89. The number of benzene rings is 2. The van der Waals surface area contributed by atoms with E-state index in [1.807, 2.05) is 30.3 Å². The van der Waals surface area contributed by atoms with Gasteiger partial charge in [-0.3, -0.25) is 4.79 Å². The summed E-state index contributed by atoms with van der Waals surface area (Å²) in [6.45, 7) is 1.38. The molecule has 30 heavy (non-hydrogen) atoms. The highest BCUT2D eigenvalue weighted by Crippen LogP contribution is 2.36. The molecule has 2 aliphatic heterocycles. The lowest BCUT2D eigenvalue weighted by Gasteiger charge is -2.43. The van der Waals surface area contributed by atoms with E-state index in [1.54, 1.807) is 29.2 Å². The molecule has 8 nitrogen and oxygen atoms in total. The van der Waals surface area contributed by atoms with Gasteiger partial charge in [-0.1, -0.05) is 24.3 Å². The van der Waals surface area contributed by atoms with E-state index in [1.165, 1.54) is 7.11 Å². The summed E-state index contributed by atoms with van der Waals surface area (Å²) in [6.07, 6.45) is 1.09. The molecule has 0 atom stereocenters. The number of hydrogen-bond donors (Lipinski definition) is 2. The quantitative estimate of drug-likeness (QED) is 0.762.